The molecule has 0 bridgehead atoms. The van der Waals surface area contributed by atoms with Crippen molar-refractivity contribution in [2.45, 2.75) is 44.2 Å². The van der Waals surface area contributed by atoms with Gasteiger partial charge in [-0.25, -0.2) is 0 Å². The summed E-state index contributed by atoms with van der Waals surface area (Å²) in [5, 5.41) is 0. The van der Waals surface area contributed by atoms with E-state index in [1.54, 1.807) is 13.2 Å². The highest BCUT2D eigenvalue weighted by Crippen LogP contribution is 2.22. The third-order valence-corrected chi connectivity index (χ3v) is 3.18. The molecule has 17 heavy (non-hydrogen) atoms. The van der Waals surface area contributed by atoms with Crippen LogP contribution < -0.4 is 15.2 Å². The number of ether oxygens (including phenoxy) is 2. The molecule has 0 aromatic carbocycles. The van der Waals surface area contributed by atoms with E-state index in [1.165, 1.54) is 19.3 Å². The van der Waals surface area contributed by atoms with Crippen molar-refractivity contribution in [1.82, 2.24) is 4.98 Å². The van der Waals surface area contributed by atoms with Crippen molar-refractivity contribution in [2.75, 3.05) is 7.11 Å². The molecular weight excluding hydrogens is 216 g/mol. The van der Waals surface area contributed by atoms with Crippen molar-refractivity contribution in [3.8, 4) is 11.8 Å². The zero-order chi connectivity index (χ0) is 12.1. The summed E-state index contributed by atoms with van der Waals surface area (Å²) in [6, 6.07) is 5.65. The summed E-state index contributed by atoms with van der Waals surface area (Å²) in [7, 11) is 1.60. The monoisotopic (exact) mass is 236 g/mol. The molecule has 0 aliphatic heterocycles. The molecule has 0 radical (unpaired) electrons. The molecule has 1 fully saturated rings. The van der Waals surface area contributed by atoms with E-state index in [4.69, 9.17) is 15.2 Å². The highest BCUT2D eigenvalue weighted by atomic mass is 16.5. The second-order valence-electron chi connectivity index (χ2n) is 4.48. The van der Waals surface area contributed by atoms with Gasteiger partial charge in [0.05, 0.1) is 7.11 Å². The fourth-order valence-electron chi connectivity index (χ4n) is 2.18. The van der Waals surface area contributed by atoms with Gasteiger partial charge in [0.25, 0.3) is 0 Å². The van der Waals surface area contributed by atoms with Crippen LogP contribution in [-0.4, -0.2) is 24.2 Å². The van der Waals surface area contributed by atoms with Crippen LogP contribution in [0.25, 0.3) is 0 Å². The van der Waals surface area contributed by atoms with E-state index in [-0.39, 0.29) is 12.1 Å². The van der Waals surface area contributed by atoms with Crippen molar-refractivity contribution in [1.29, 1.82) is 0 Å². The van der Waals surface area contributed by atoms with Crippen molar-refractivity contribution < 1.29 is 9.47 Å². The largest absolute Gasteiger partial charge is 0.481 e. The maximum atomic E-state index is 6.11. The van der Waals surface area contributed by atoms with Crippen LogP contribution in [0.5, 0.6) is 11.8 Å². The standard InChI is InChI=1S/C13H20N2O2/c1-16-12-8-5-9-13(15-12)17-11-7-4-2-3-6-10(11)14/h5,8-11H,2-4,6-7,14H2,1H3. The molecule has 1 aromatic heterocycles. The molecule has 4 nitrogen and oxygen atoms in total. The van der Waals surface area contributed by atoms with E-state index in [9.17, 15) is 0 Å². The average molecular weight is 236 g/mol. The SMILES string of the molecule is COc1cccc(OC2CCCCCC2N)n1. The molecule has 4 heteroatoms. The van der Waals surface area contributed by atoms with E-state index < -0.39 is 0 Å². The maximum absolute atomic E-state index is 6.11. The first-order valence-electron chi connectivity index (χ1n) is 6.23. The van der Waals surface area contributed by atoms with Gasteiger partial charge in [-0.2, -0.15) is 4.98 Å². The molecule has 0 spiro atoms. The molecule has 2 rings (SSSR count). The second-order valence-corrected chi connectivity index (χ2v) is 4.48. The average Bonchev–Trinajstić information content (AvgIpc) is 2.55. The van der Waals surface area contributed by atoms with Crippen molar-refractivity contribution in [3.05, 3.63) is 18.2 Å². The number of pyridine rings is 1. The summed E-state index contributed by atoms with van der Waals surface area (Å²) in [6.45, 7) is 0. The van der Waals surface area contributed by atoms with E-state index in [0.29, 0.717) is 11.8 Å². The number of nitrogens with two attached hydrogens (primary N) is 1. The van der Waals surface area contributed by atoms with Gasteiger partial charge in [-0.3, -0.25) is 0 Å². The Bertz CT molecular complexity index is 357. The third kappa shape index (κ3) is 3.33. The van der Waals surface area contributed by atoms with Crippen LogP contribution in [0.4, 0.5) is 0 Å². The van der Waals surface area contributed by atoms with E-state index in [0.717, 1.165) is 12.8 Å². The molecule has 2 atom stereocenters. The van der Waals surface area contributed by atoms with Gasteiger partial charge in [-0.1, -0.05) is 18.9 Å². The Hall–Kier alpha value is -1.29. The first-order valence-corrected chi connectivity index (χ1v) is 6.23. The normalized spacial score (nSPS) is 25.1. The predicted molar refractivity (Wildman–Crippen MR) is 66.3 cm³/mol. The first kappa shape index (κ1) is 12.2. The third-order valence-electron chi connectivity index (χ3n) is 3.18. The van der Waals surface area contributed by atoms with Crippen molar-refractivity contribution in [3.63, 3.8) is 0 Å². The van der Waals surface area contributed by atoms with Crippen molar-refractivity contribution >= 4 is 0 Å². The number of hydrogen-bond acceptors (Lipinski definition) is 4. The number of hydrogen-bond donors (Lipinski definition) is 1. The number of methoxy groups -OCH3 is 1. The number of aromatic nitrogens is 1. The minimum Gasteiger partial charge on any atom is -0.481 e. The van der Waals surface area contributed by atoms with Crippen LogP contribution in [0.15, 0.2) is 18.2 Å². The van der Waals surface area contributed by atoms with Crippen LogP contribution in [0.1, 0.15) is 32.1 Å². The summed E-state index contributed by atoms with van der Waals surface area (Å²) in [5.41, 5.74) is 6.11. The van der Waals surface area contributed by atoms with Crippen LogP contribution in [0, 0.1) is 0 Å². The minimum atomic E-state index is 0.0807. The van der Waals surface area contributed by atoms with Gasteiger partial charge in [0.1, 0.15) is 6.10 Å². The first-order chi connectivity index (χ1) is 8.29. The molecule has 1 heterocycles. The Morgan fingerprint density at radius 1 is 1.18 bits per heavy atom. The Balaban J connectivity index is 2.02. The Morgan fingerprint density at radius 2 is 1.94 bits per heavy atom. The summed E-state index contributed by atoms with van der Waals surface area (Å²) < 4.78 is 10.9. The molecule has 2 N–H and O–H groups in total. The lowest BCUT2D eigenvalue weighted by atomic mass is 10.1. The molecule has 94 valence electrons. The zero-order valence-corrected chi connectivity index (χ0v) is 10.3. The number of rotatable bonds is 3. The van der Waals surface area contributed by atoms with Gasteiger partial charge >= 0.3 is 0 Å². The van der Waals surface area contributed by atoms with Gasteiger partial charge in [0, 0.05) is 18.2 Å². The van der Waals surface area contributed by atoms with Gasteiger partial charge in [-0.05, 0) is 19.3 Å². The topological polar surface area (TPSA) is 57.4 Å². The quantitative estimate of drug-likeness (QED) is 0.817. The Labute approximate surface area is 102 Å². The number of nitrogens with zero attached hydrogens (tertiary/aromatic N) is 1. The van der Waals surface area contributed by atoms with Crippen LogP contribution in [0.2, 0.25) is 0 Å². The highest BCUT2D eigenvalue weighted by Gasteiger charge is 2.22. The fourth-order valence-corrected chi connectivity index (χ4v) is 2.18. The lowest BCUT2D eigenvalue weighted by Gasteiger charge is -2.22. The van der Waals surface area contributed by atoms with Crippen LogP contribution in [0.3, 0.4) is 0 Å². The molecule has 1 aliphatic carbocycles. The lowest BCUT2D eigenvalue weighted by Crippen LogP contribution is -2.38. The fraction of sp³-hybridized carbons (Fsp3) is 0.615. The summed E-state index contributed by atoms with van der Waals surface area (Å²) in [6.07, 6.45) is 5.76. The molecule has 0 saturated heterocycles. The minimum absolute atomic E-state index is 0.0807. The van der Waals surface area contributed by atoms with Crippen LogP contribution in [-0.2, 0) is 0 Å². The van der Waals surface area contributed by atoms with Gasteiger partial charge in [-0.15, -0.1) is 0 Å². The predicted octanol–water partition coefficient (Wildman–Crippen LogP) is 2.13. The van der Waals surface area contributed by atoms with Crippen LogP contribution >= 0.6 is 0 Å². The summed E-state index contributed by atoms with van der Waals surface area (Å²) >= 11 is 0. The molecular formula is C13H20N2O2. The maximum Gasteiger partial charge on any atom is 0.216 e. The Kier molecular flexibility index (Phi) is 4.20. The van der Waals surface area contributed by atoms with E-state index in [2.05, 4.69) is 4.98 Å². The smallest absolute Gasteiger partial charge is 0.216 e. The van der Waals surface area contributed by atoms with Gasteiger partial charge < -0.3 is 15.2 Å². The highest BCUT2D eigenvalue weighted by molar-refractivity contribution is 5.20. The molecule has 2 unspecified atom stereocenters. The molecule has 0 amide bonds. The molecule has 1 saturated carbocycles. The van der Waals surface area contributed by atoms with E-state index >= 15 is 0 Å². The summed E-state index contributed by atoms with van der Waals surface area (Å²) in [5.74, 6) is 1.18. The zero-order valence-electron chi connectivity index (χ0n) is 10.3. The van der Waals surface area contributed by atoms with Gasteiger partial charge in [0.15, 0.2) is 0 Å². The van der Waals surface area contributed by atoms with Gasteiger partial charge in [0.2, 0.25) is 11.8 Å². The lowest BCUT2D eigenvalue weighted by molar-refractivity contribution is 0.154. The molecule has 1 aliphatic rings. The summed E-state index contributed by atoms with van der Waals surface area (Å²) in [4.78, 5) is 4.25. The second kappa shape index (κ2) is 5.87. The Morgan fingerprint density at radius 3 is 2.76 bits per heavy atom. The molecule has 1 aromatic rings. The van der Waals surface area contributed by atoms with E-state index in [1.807, 2.05) is 12.1 Å². The van der Waals surface area contributed by atoms with Crippen molar-refractivity contribution in [2.24, 2.45) is 5.73 Å².